The van der Waals surface area contributed by atoms with E-state index in [9.17, 15) is 4.79 Å². The first kappa shape index (κ1) is 11.5. The van der Waals surface area contributed by atoms with Crippen molar-refractivity contribution in [2.24, 2.45) is 0 Å². The van der Waals surface area contributed by atoms with Gasteiger partial charge < -0.3 is 10.6 Å². The second-order valence-electron chi connectivity index (χ2n) is 4.29. The van der Waals surface area contributed by atoms with Crippen molar-refractivity contribution in [1.82, 2.24) is 5.32 Å². The molecule has 0 aliphatic carbocycles. The van der Waals surface area contributed by atoms with Gasteiger partial charge in [-0.05, 0) is 25.0 Å². The van der Waals surface area contributed by atoms with Gasteiger partial charge in [-0.25, -0.2) is 0 Å². The number of hydrogen-bond donors (Lipinski definition) is 2. The Morgan fingerprint density at radius 1 is 1.59 bits per heavy atom. The maximum absolute atomic E-state index is 11.1. The molecule has 1 fully saturated rings. The summed E-state index contributed by atoms with van der Waals surface area (Å²) in [6.07, 6.45) is 1.46. The fraction of sp³-hybridized carbons (Fsp3) is 0.385. The van der Waals surface area contributed by atoms with Gasteiger partial charge in [0.25, 0.3) is 0 Å². The van der Waals surface area contributed by atoms with Crippen LogP contribution >= 0.6 is 0 Å². The average Bonchev–Trinajstić information content (AvgIpc) is 2.72. The maximum atomic E-state index is 11.1. The predicted molar refractivity (Wildman–Crippen MR) is 65.5 cm³/mol. The van der Waals surface area contributed by atoms with E-state index in [1.807, 2.05) is 25.1 Å². The number of hydrogen-bond acceptors (Lipinski definition) is 3. The van der Waals surface area contributed by atoms with E-state index < -0.39 is 0 Å². The van der Waals surface area contributed by atoms with E-state index in [-0.39, 0.29) is 11.9 Å². The molecule has 0 aromatic heterocycles. The summed E-state index contributed by atoms with van der Waals surface area (Å²) in [4.78, 5) is 11.1. The van der Waals surface area contributed by atoms with Crippen LogP contribution in [-0.4, -0.2) is 18.5 Å². The van der Waals surface area contributed by atoms with Gasteiger partial charge in [-0.3, -0.25) is 4.79 Å². The lowest BCUT2D eigenvalue weighted by molar-refractivity contribution is -0.119. The van der Waals surface area contributed by atoms with Crippen LogP contribution in [0.2, 0.25) is 0 Å². The van der Waals surface area contributed by atoms with Crippen molar-refractivity contribution in [3.63, 3.8) is 0 Å². The highest BCUT2D eigenvalue weighted by molar-refractivity contribution is 5.78. The number of amides is 1. The van der Waals surface area contributed by atoms with E-state index >= 15 is 0 Å². The minimum atomic E-state index is 0.113. The number of carbonyl (C=O) groups excluding carboxylic acids is 1. The van der Waals surface area contributed by atoms with Crippen LogP contribution in [0.25, 0.3) is 0 Å². The number of nitrogens with one attached hydrogen (secondary N) is 2. The molecule has 2 N–H and O–H groups in total. The van der Waals surface area contributed by atoms with Crippen LogP contribution in [0.15, 0.2) is 18.2 Å². The number of nitriles is 1. The fourth-order valence-corrected chi connectivity index (χ4v) is 2.03. The highest BCUT2D eigenvalue weighted by Crippen LogP contribution is 2.18. The number of rotatable bonds is 3. The largest absolute Gasteiger partial charge is 0.382 e. The first-order valence-electron chi connectivity index (χ1n) is 5.73. The SMILES string of the molecule is Cc1cccc(NCC2CCC(=O)N2)c1C#N. The summed E-state index contributed by atoms with van der Waals surface area (Å²) in [7, 11) is 0. The van der Waals surface area contributed by atoms with E-state index in [4.69, 9.17) is 5.26 Å². The molecule has 17 heavy (non-hydrogen) atoms. The predicted octanol–water partition coefficient (Wildman–Crippen LogP) is 1.56. The summed E-state index contributed by atoms with van der Waals surface area (Å²) in [5, 5.41) is 15.2. The molecule has 0 radical (unpaired) electrons. The zero-order valence-electron chi connectivity index (χ0n) is 9.79. The summed E-state index contributed by atoms with van der Waals surface area (Å²) in [5.41, 5.74) is 2.48. The summed E-state index contributed by atoms with van der Waals surface area (Å²) in [6, 6.07) is 8.10. The van der Waals surface area contributed by atoms with E-state index in [0.717, 1.165) is 17.7 Å². The van der Waals surface area contributed by atoms with Crippen molar-refractivity contribution >= 4 is 11.6 Å². The standard InChI is InChI=1S/C13H15N3O/c1-9-3-2-4-12(11(9)7-14)15-8-10-5-6-13(17)16-10/h2-4,10,15H,5-6,8H2,1H3,(H,16,17). The zero-order valence-corrected chi connectivity index (χ0v) is 9.79. The lowest BCUT2D eigenvalue weighted by atomic mass is 10.1. The van der Waals surface area contributed by atoms with E-state index in [1.165, 1.54) is 0 Å². The van der Waals surface area contributed by atoms with E-state index in [0.29, 0.717) is 18.5 Å². The lowest BCUT2D eigenvalue weighted by Crippen LogP contribution is -2.31. The number of carbonyl (C=O) groups is 1. The molecule has 0 bridgehead atoms. The molecule has 1 aromatic rings. The Balaban J connectivity index is 2.02. The lowest BCUT2D eigenvalue weighted by Gasteiger charge is -2.14. The molecule has 4 heteroatoms. The van der Waals surface area contributed by atoms with Crippen LogP contribution in [-0.2, 0) is 4.79 Å². The second kappa shape index (κ2) is 4.88. The van der Waals surface area contributed by atoms with Crippen molar-refractivity contribution in [2.45, 2.75) is 25.8 Å². The molecule has 1 unspecified atom stereocenters. The summed E-state index contributed by atoms with van der Waals surface area (Å²) in [6.45, 7) is 2.59. The Labute approximate surface area is 101 Å². The molecule has 1 aliphatic rings. The van der Waals surface area contributed by atoms with E-state index in [2.05, 4.69) is 16.7 Å². The van der Waals surface area contributed by atoms with Crippen molar-refractivity contribution < 1.29 is 4.79 Å². The second-order valence-corrected chi connectivity index (χ2v) is 4.29. The smallest absolute Gasteiger partial charge is 0.220 e. The van der Waals surface area contributed by atoms with Crippen LogP contribution in [0.1, 0.15) is 24.0 Å². The Morgan fingerprint density at radius 3 is 3.06 bits per heavy atom. The Hall–Kier alpha value is -2.02. The molecule has 0 saturated carbocycles. The zero-order chi connectivity index (χ0) is 12.3. The number of nitrogens with zero attached hydrogens (tertiary/aromatic N) is 1. The van der Waals surface area contributed by atoms with Crippen molar-refractivity contribution in [3.8, 4) is 6.07 Å². The highest BCUT2D eigenvalue weighted by Gasteiger charge is 2.20. The number of aryl methyl sites for hydroxylation is 1. The van der Waals surface area contributed by atoms with Crippen LogP contribution in [0, 0.1) is 18.3 Å². The third-order valence-electron chi connectivity index (χ3n) is 3.01. The van der Waals surface area contributed by atoms with Gasteiger partial charge in [0.05, 0.1) is 11.3 Å². The van der Waals surface area contributed by atoms with Gasteiger partial charge in [-0.1, -0.05) is 12.1 Å². The number of anilines is 1. The average molecular weight is 229 g/mol. The van der Waals surface area contributed by atoms with Gasteiger partial charge in [-0.15, -0.1) is 0 Å². The minimum Gasteiger partial charge on any atom is -0.382 e. The first-order chi connectivity index (χ1) is 8.20. The summed E-state index contributed by atoms with van der Waals surface area (Å²) >= 11 is 0. The molecule has 1 amide bonds. The van der Waals surface area contributed by atoms with Crippen LogP contribution in [0.3, 0.4) is 0 Å². The molecule has 4 nitrogen and oxygen atoms in total. The maximum Gasteiger partial charge on any atom is 0.220 e. The molecule has 0 spiro atoms. The molecule has 1 atom stereocenters. The van der Waals surface area contributed by atoms with Gasteiger partial charge in [-0.2, -0.15) is 5.26 Å². The monoisotopic (exact) mass is 229 g/mol. The fourth-order valence-electron chi connectivity index (χ4n) is 2.03. The molecule has 1 aromatic carbocycles. The molecule has 1 aliphatic heterocycles. The molecule has 88 valence electrons. The third kappa shape index (κ3) is 2.56. The topological polar surface area (TPSA) is 64.9 Å². The van der Waals surface area contributed by atoms with Crippen molar-refractivity contribution in [1.29, 1.82) is 5.26 Å². The Bertz CT molecular complexity index is 476. The van der Waals surface area contributed by atoms with Gasteiger partial charge in [0.15, 0.2) is 0 Å². The quantitative estimate of drug-likeness (QED) is 0.826. The molecule has 2 rings (SSSR count). The van der Waals surface area contributed by atoms with Crippen LogP contribution < -0.4 is 10.6 Å². The summed E-state index contributed by atoms with van der Waals surface area (Å²) in [5.74, 6) is 0.113. The highest BCUT2D eigenvalue weighted by atomic mass is 16.1. The normalized spacial score (nSPS) is 18.6. The van der Waals surface area contributed by atoms with Crippen LogP contribution in [0.4, 0.5) is 5.69 Å². The van der Waals surface area contributed by atoms with Crippen molar-refractivity contribution in [3.05, 3.63) is 29.3 Å². The van der Waals surface area contributed by atoms with Gasteiger partial charge >= 0.3 is 0 Å². The number of benzene rings is 1. The van der Waals surface area contributed by atoms with Gasteiger partial charge in [0.1, 0.15) is 6.07 Å². The molecule has 1 heterocycles. The molecule has 1 saturated heterocycles. The Morgan fingerprint density at radius 2 is 2.41 bits per heavy atom. The first-order valence-corrected chi connectivity index (χ1v) is 5.73. The molecular weight excluding hydrogens is 214 g/mol. The van der Waals surface area contributed by atoms with Gasteiger partial charge in [0.2, 0.25) is 5.91 Å². The van der Waals surface area contributed by atoms with Gasteiger partial charge in [0, 0.05) is 19.0 Å². The third-order valence-corrected chi connectivity index (χ3v) is 3.01. The van der Waals surface area contributed by atoms with Crippen LogP contribution in [0.5, 0.6) is 0 Å². The van der Waals surface area contributed by atoms with E-state index in [1.54, 1.807) is 0 Å². The minimum absolute atomic E-state index is 0.113. The Kier molecular flexibility index (Phi) is 3.29. The molecular formula is C13H15N3O. The summed E-state index contributed by atoms with van der Waals surface area (Å²) < 4.78 is 0. The van der Waals surface area contributed by atoms with Crippen molar-refractivity contribution in [2.75, 3.05) is 11.9 Å².